The maximum atomic E-state index is 12.7. The Hall–Kier alpha value is -1.70. The third-order valence-electron chi connectivity index (χ3n) is 5.05. The van der Waals surface area contributed by atoms with E-state index in [0.29, 0.717) is 0 Å². The Morgan fingerprint density at radius 2 is 2.04 bits per heavy atom. The van der Waals surface area contributed by atoms with Crippen molar-refractivity contribution in [1.29, 1.82) is 0 Å². The number of carbonyl (C=O) groups excluding carboxylic acids is 1. The first-order valence-corrected chi connectivity index (χ1v) is 9.63. The van der Waals surface area contributed by atoms with Crippen LogP contribution in [0.3, 0.4) is 0 Å². The van der Waals surface area contributed by atoms with Crippen molar-refractivity contribution < 1.29 is 4.79 Å². The molecular weight excluding hydrogens is 334 g/mol. The first kappa shape index (κ1) is 18.1. The summed E-state index contributed by atoms with van der Waals surface area (Å²) in [5.74, 6) is 0.0471. The Labute approximate surface area is 153 Å². The van der Waals surface area contributed by atoms with E-state index in [4.69, 9.17) is 0 Å². The number of rotatable bonds is 5. The first-order chi connectivity index (χ1) is 12.0. The van der Waals surface area contributed by atoms with Gasteiger partial charge in [0.15, 0.2) is 0 Å². The van der Waals surface area contributed by atoms with Gasteiger partial charge in [-0.15, -0.1) is 11.3 Å². The van der Waals surface area contributed by atoms with E-state index in [-0.39, 0.29) is 11.9 Å². The summed E-state index contributed by atoms with van der Waals surface area (Å²) in [6.45, 7) is 10.8. The van der Waals surface area contributed by atoms with Crippen molar-refractivity contribution in [3.05, 3.63) is 33.8 Å². The average Bonchev–Trinajstić information content (AvgIpc) is 3.19. The van der Waals surface area contributed by atoms with E-state index in [0.717, 1.165) is 49.8 Å². The number of hydrogen-bond donors (Lipinski definition) is 1. The molecule has 7 heteroatoms. The van der Waals surface area contributed by atoms with Gasteiger partial charge in [-0.05, 0) is 32.2 Å². The quantitative estimate of drug-likeness (QED) is 0.887. The van der Waals surface area contributed by atoms with Crippen LogP contribution in [0.15, 0.2) is 17.5 Å². The van der Waals surface area contributed by atoms with Crippen LogP contribution in [-0.2, 0) is 18.4 Å². The zero-order chi connectivity index (χ0) is 18.0. The fraction of sp³-hybridized carbons (Fsp3) is 0.556. The monoisotopic (exact) mass is 361 g/mol. The van der Waals surface area contributed by atoms with Crippen molar-refractivity contribution in [2.75, 3.05) is 31.5 Å². The van der Waals surface area contributed by atoms with Gasteiger partial charge in [0, 0.05) is 44.6 Å². The molecule has 1 aliphatic heterocycles. The van der Waals surface area contributed by atoms with Crippen LogP contribution in [0.2, 0.25) is 0 Å². The number of aryl methyl sites for hydroxylation is 2. The van der Waals surface area contributed by atoms with E-state index in [1.54, 1.807) is 4.68 Å². The van der Waals surface area contributed by atoms with Crippen LogP contribution in [-0.4, -0.2) is 57.7 Å². The van der Waals surface area contributed by atoms with Crippen LogP contribution in [0.5, 0.6) is 0 Å². The summed E-state index contributed by atoms with van der Waals surface area (Å²) >= 11 is 1.81. The Balaban J connectivity index is 1.53. The fourth-order valence-electron chi connectivity index (χ4n) is 3.28. The molecular formula is C18H27N5OS. The number of nitrogens with one attached hydrogen (secondary N) is 1. The van der Waals surface area contributed by atoms with Gasteiger partial charge < -0.3 is 5.32 Å². The van der Waals surface area contributed by atoms with Crippen molar-refractivity contribution in [1.82, 2.24) is 19.6 Å². The predicted molar refractivity (Wildman–Crippen MR) is 102 cm³/mol. The smallest absolute Gasteiger partial charge is 0.241 e. The molecule has 0 spiro atoms. The van der Waals surface area contributed by atoms with Crippen LogP contribution in [0.1, 0.15) is 23.2 Å². The van der Waals surface area contributed by atoms with Gasteiger partial charge in [0.25, 0.3) is 0 Å². The summed E-state index contributed by atoms with van der Waals surface area (Å²) < 4.78 is 1.80. The standard InChI is InChI=1S/C18H27N5OS/c1-13-17(14(2)21(4)20-13)19-18(24)15(3)23-9-7-22(8-10-23)12-16-6-5-11-25-16/h5-6,11,15H,7-10,12H2,1-4H3,(H,19,24). The van der Waals surface area contributed by atoms with E-state index in [2.05, 4.69) is 37.7 Å². The van der Waals surface area contributed by atoms with Crippen molar-refractivity contribution in [3.63, 3.8) is 0 Å². The van der Waals surface area contributed by atoms with Crippen molar-refractivity contribution in [3.8, 4) is 0 Å². The van der Waals surface area contributed by atoms with Crippen LogP contribution in [0.4, 0.5) is 5.69 Å². The molecule has 0 aliphatic carbocycles. The highest BCUT2D eigenvalue weighted by molar-refractivity contribution is 7.09. The van der Waals surface area contributed by atoms with Crippen LogP contribution < -0.4 is 5.32 Å². The molecule has 136 valence electrons. The highest BCUT2D eigenvalue weighted by atomic mass is 32.1. The zero-order valence-electron chi connectivity index (χ0n) is 15.5. The minimum Gasteiger partial charge on any atom is -0.322 e. The van der Waals surface area contributed by atoms with Gasteiger partial charge >= 0.3 is 0 Å². The van der Waals surface area contributed by atoms with Gasteiger partial charge in [0.05, 0.1) is 23.1 Å². The van der Waals surface area contributed by atoms with Crippen LogP contribution >= 0.6 is 11.3 Å². The van der Waals surface area contributed by atoms with E-state index in [1.165, 1.54) is 4.88 Å². The molecule has 2 aromatic heterocycles. The van der Waals surface area contributed by atoms with E-state index in [9.17, 15) is 4.79 Å². The minimum atomic E-state index is -0.136. The minimum absolute atomic E-state index is 0.0471. The number of aromatic nitrogens is 2. The summed E-state index contributed by atoms with van der Waals surface area (Å²) in [5.41, 5.74) is 2.69. The van der Waals surface area contributed by atoms with Crippen molar-refractivity contribution in [2.24, 2.45) is 7.05 Å². The molecule has 1 N–H and O–H groups in total. The molecule has 0 bridgehead atoms. The molecule has 0 saturated carbocycles. The molecule has 0 radical (unpaired) electrons. The molecule has 1 aliphatic rings. The summed E-state index contributed by atoms with van der Waals surface area (Å²) in [7, 11) is 1.90. The molecule has 2 aromatic rings. The van der Waals surface area contributed by atoms with Crippen LogP contribution in [0.25, 0.3) is 0 Å². The summed E-state index contributed by atoms with van der Waals surface area (Å²) in [6.07, 6.45) is 0. The van der Waals surface area contributed by atoms with E-state index >= 15 is 0 Å². The second-order valence-corrected chi connectivity index (χ2v) is 7.76. The van der Waals surface area contributed by atoms with E-state index in [1.807, 2.05) is 39.2 Å². The fourth-order valence-corrected chi connectivity index (χ4v) is 4.03. The first-order valence-electron chi connectivity index (χ1n) is 8.75. The SMILES string of the molecule is Cc1nn(C)c(C)c1NC(=O)C(C)N1CCN(Cc2cccs2)CC1. The molecule has 3 heterocycles. The van der Waals surface area contributed by atoms with Crippen LogP contribution in [0, 0.1) is 13.8 Å². The molecule has 1 fully saturated rings. The largest absolute Gasteiger partial charge is 0.322 e. The Morgan fingerprint density at radius 1 is 1.32 bits per heavy atom. The summed E-state index contributed by atoms with van der Waals surface area (Å²) in [6, 6.07) is 4.15. The van der Waals surface area contributed by atoms with Gasteiger partial charge in [-0.3, -0.25) is 19.3 Å². The van der Waals surface area contributed by atoms with Gasteiger partial charge in [0.2, 0.25) is 5.91 Å². The zero-order valence-corrected chi connectivity index (χ0v) is 16.3. The molecule has 1 atom stereocenters. The summed E-state index contributed by atoms with van der Waals surface area (Å²) in [4.78, 5) is 18.8. The highest BCUT2D eigenvalue weighted by Gasteiger charge is 2.26. The average molecular weight is 362 g/mol. The molecule has 25 heavy (non-hydrogen) atoms. The van der Waals surface area contributed by atoms with Gasteiger partial charge in [0.1, 0.15) is 0 Å². The summed E-state index contributed by atoms with van der Waals surface area (Å²) in [5, 5.41) is 9.56. The maximum absolute atomic E-state index is 12.7. The molecule has 1 unspecified atom stereocenters. The van der Waals surface area contributed by atoms with Gasteiger partial charge in [-0.1, -0.05) is 6.07 Å². The van der Waals surface area contributed by atoms with Crippen molar-refractivity contribution in [2.45, 2.75) is 33.4 Å². The number of nitrogens with zero attached hydrogens (tertiary/aromatic N) is 4. The number of anilines is 1. The lowest BCUT2D eigenvalue weighted by Gasteiger charge is -2.37. The lowest BCUT2D eigenvalue weighted by molar-refractivity contribution is -0.121. The Morgan fingerprint density at radius 3 is 2.60 bits per heavy atom. The number of carbonyl (C=O) groups is 1. The molecule has 6 nitrogen and oxygen atoms in total. The topological polar surface area (TPSA) is 53.4 Å². The number of piperazine rings is 1. The lowest BCUT2D eigenvalue weighted by Crippen LogP contribution is -2.52. The highest BCUT2D eigenvalue weighted by Crippen LogP contribution is 2.20. The Bertz CT molecular complexity index is 716. The Kier molecular flexibility index (Phi) is 5.56. The predicted octanol–water partition coefficient (Wildman–Crippen LogP) is 2.24. The number of amides is 1. The number of thiophene rings is 1. The van der Waals surface area contributed by atoms with Crippen molar-refractivity contribution >= 4 is 22.9 Å². The molecule has 0 aromatic carbocycles. The lowest BCUT2D eigenvalue weighted by atomic mass is 10.2. The maximum Gasteiger partial charge on any atom is 0.241 e. The van der Waals surface area contributed by atoms with Gasteiger partial charge in [-0.2, -0.15) is 5.10 Å². The third-order valence-corrected chi connectivity index (χ3v) is 5.91. The third kappa shape index (κ3) is 4.11. The van der Waals surface area contributed by atoms with E-state index < -0.39 is 0 Å². The molecule has 1 saturated heterocycles. The molecule has 3 rings (SSSR count). The number of hydrogen-bond acceptors (Lipinski definition) is 5. The second kappa shape index (κ2) is 7.68. The van der Waals surface area contributed by atoms with Gasteiger partial charge in [-0.25, -0.2) is 0 Å². The second-order valence-electron chi connectivity index (χ2n) is 6.73. The molecule has 1 amide bonds. The normalized spacial score (nSPS) is 17.6.